The van der Waals surface area contributed by atoms with Gasteiger partial charge in [-0.15, -0.1) is 0 Å². The summed E-state index contributed by atoms with van der Waals surface area (Å²) in [5.74, 6) is 0.394. The third-order valence-electron chi connectivity index (χ3n) is 5.31. The number of oxime groups is 1. The average molecular weight is 403 g/mol. The van der Waals surface area contributed by atoms with E-state index in [9.17, 15) is 4.39 Å². The van der Waals surface area contributed by atoms with Crippen LogP contribution < -0.4 is 4.74 Å². The fourth-order valence-corrected chi connectivity index (χ4v) is 4.68. The molecule has 0 spiro atoms. The molecule has 0 bridgehead atoms. The van der Waals surface area contributed by atoms with Crippen LogP contribution in [0.3, 0.4) is 0 Å². The second-order valence-electron chi connectivity index (χ2n) is 6.89. The van der Waals surface area contributed by atoms with Crippen molar-refractivity contribution < 1.29 is 23.8 Å². The van der Waals surface area contributed by atoms with Gasteiger partial charge in [0.05, 0.1) is 17.9 Å². The zero-order valence-electron chi connectivity index (χ0n) is 15.6. The highest BCUT2D eigenvalue weighted by atomic mass is 32.2. The first-order chi connectivity index (χ1) is 13.6. The predicted octanol–water partition coefficient (Wildman–Crippen LogP) is 4.59. The van der Waals surface area contributed by atoms with E-state index in [0.717, 1.165) is 20.9 Å². The highest BCUT2D eigenvalue weighted by molar-refractivity contribution is 7.99. The van der Waals surface area contributed by atoms with Crippen LogP contribution in [0.25, 0.3) is 0 Å². The van der Waals surface area contributed by atoms with Crippen molar-refractivity contribution in [3.8, 4) is 5.75 Å². The number of rotatable bonds is 4. The van der Waals surface area contributed by atoms with E-state index in [1.807, 2.05) is 24.3 Å². The largest absolute Gasteiger partial charge is 0.492 e. The molecule has 1 saturated heterocycles. The summed E-state index contributed by atoms with van der Waals surface area (Å²) in [6.45, 7) is 1.68. The van der Waals surface area contributed by atoms with Gasteiger partial charge >= 0.3 is 0 Å². The Kier molecular flexibility index (Phi) is 5.57. The van der Waals surface area contributed by atoms with Crippen molar-refractivity contribution in [3.63, 3.8) is 0 Å². The monoisotopic (exact) mass is 403 g/mol. The molecule has 1 fully saturated rings. The van der Waals surface area contributed by atoms with E-state index < -0.39 is 5.60 Å². The van der Waals surface area contributed by atoms with Crippen LogP contribution in [-0.4, -0.2) is 37.8 Å². The Morgan fingerprint density at radius 1 is 1.11 bits per heavy atom. The van der Waals surface area contributed by atoms with Gasteiger partial charge in [-0.25, -0.2) is 4.39 Å². The van der Waals surface area contributed by atoms with Crippen LogP contribution in [0.2, 0.25) is 0 Å². The number of fused-ring (bicyclic) bond motifs is 1. The number of ether oxygens (including phenoxy) is 3. The number of benzene rings is 2. The summed E-state index contributed by atoms with van der Waals surface area (Å²) in [5.41, 5.74) is 1.73. The van der Waals surface area contributed by atoms with Crippen molar-refractivity contribution >= 4 is 17.5 Å². The molecule has 4 rings (SSSR count). The lowest BCUT2D eigenvalue weighted by Crippen LogP contribution is -2.35. The van der Waals surface area contributed by atoms with Crippen LogP contribution in [0.15, 0.2) is 51.3 Å². The van der Waals surface area contributed by atoms with Gasteiger partial charge in [0, 0.05) is 54.9 Å². The summed E-state index contributed by atoms with van der Waals surface area (Å²) in [6.07, 6.45) is 1.98. The molecule has 7 heteroatoms. The molecule has 2 aliphatic rings. The van der Waals surface area contributed by atoms with Gasteiger partial charge < -0.3 is 19.4 Å². The molecule has 2 aromatic rings. The second-order valence-corrected chi connectivity index (χ2v) is 8.04. The van der Waals surface area contributed by atoms with Crippen LogP contribution in [0.1, 0.15) is 30.4 Å². The molecule has 0 aliphatic carbocycles. The molecular formula is C21H22FNO4S. The van der Waals surface area contributed by atoms with E-state index in [2.05, 4.69) is 5.16 Å². The smallest absolute Gasteiger partial charge is 0.129 e. The van der Waals surface area contributed by atoms with Crippen molar-refractivity contribution in [1.82, 2.24) is 0 Å². The van der Waals surface area contributed by atoms with E-state index in [-0.39, 0.29) is 5.82 Å². The van der Waals surface area contributed by atoms with E-state index in [4.69, 9.17) is 19.4 Å². The van der Waals surface area contributed by atoms with E-state index >= 15 is 0 Å². The Balaban J connectivity index is 1.63. The normalized spacial score (nSPS) is 19.9. The molecule has 0 unspecified atom stereocenters. The summed E-state index contributed by atoms with van der Waals surface area (Å²) in [5, 5.41) is 12.5. The van der Waals surface area contributed by atoms with E-state index in [0.29, 0.717) is 50.5 Å². The Labute approximate surface area is 167 Å². The summed E-state index contributed by atoms with van der Waals surface area (Å²) in [6, 6.07) is 10.8. The molecule has 1 N–H and O–H groups in total. The van der Waals surface area contributed by atoms with Crippen molar-refractivity contribution in [3.05, 3.63) is 53.3 Å². The van der Waals surface area contributed by atoms with Gasteiger partial charge in [-0.1, -0.05) is 16.9 Å². The molecule has 2 aliphatic heterocycles. The molecule has 0 aromatic heterocycles. The Morgan fingerprint density at radius 2 is 1.93 bits per heavy atom. The fraction of sp³-hybridized carbons (Fsp3) is 0.381. The van der Waals surface area contributed by atoms with E-state index in [1.54, 1.807) is 13.2 Å². The highest BCUT2D eigenvalue weighted by Gasteiger charge is 2.35. The molecule has 0 saturated carbocycles. The lowest BCUT2D eigenvalue weighted by Gasteiger charge is -2.36. The van der Waals surface area contributed by atoms with Crippen LogP contribution in [0, 0.1) is 5.82 Å². The SMILES string of the molecule is COC1(c2cc(F)cc(Sc3ccc4c(c3)OCCC4=NO)c2)CCOCC1. The van der Waals surface area contributed by atoms with Crippen molar-refractivity contribution in [2.24, 2.45) is 5.16 Å². The van der Waals surface area contributed by atoms with Gasteiger partial charge in [0.15, 0.2) is 0 Å². The van der Waals surface area contributed by atoms with Gasteiger partial charge in [-0.2, -0.15) is 0 Å². The van der Waals surface area contributed by atoms with Crippen LogP contribution in [-0.2, 0) is 15.1 Å². The fourth-order valence-electron chi connectivity index (χ4n) is 3.75. The first-order valence-corrected chi connectivity index (χ1v) is 10.1. The topological polar surface area (TPSA) is 60.3 Å². The van der Waals surface area contributed by atoms with Gasteiger partial charge in [-0.3, -0.25) is 0 Å². The molecule has 0 amide bonds. The van der Waals surface area contributed by atoms with Crippen LogP contribution in [0.4, 0.5) is 4.39 Å². The number of nitrogens with zero attached hydrogens (tertiary/aromatic N) is 1. The lowest BCUT2D eigenvalue weighted by atomic mass is 9.86. The third kappa shape index (κ3) is 3.74. The Hall–Kier alpha value is -2.09. The minimum atomic E-state index is -0.513. The second kappa shape index (κ2) is 8.11. The van der Waals surface area contributed by atoms with Crippen LogP contribution in [0.5, 0.6) is 5.75 Å². The lowest BCUT2D eigenvalue weighted by molar-refractivity contribution is -0.0950. The maximum absolute atomic E-state index is 14.4. The highest BCUT2D eigenvalue weighted by Crippen LogP contribution is 2.40. The van der Waals surface area contributed by atoms with Gasteiger partial charge in [0.1, 0.15) is 11.6 Å². The minimum Gasteiger partial charge on any atom is -0.492 e. The average Bonchev–Trinajstić information content (AvgIpc) is 2.73. The zero-order valence-corrected chi connectivity index (χ0v) is 16.4. The summed E-state index contributed by atoms with van der Waals surface area (Å²) < 4.78 is 31.4. The molecule has 0 radical (unpaired) electrons. The molecule has 2 aromatic carbocycles. The Bertz CT molecular complexity index is 896. The van der Waals surface area contributed by atoms with Crippen molar-refractivity contribution in [1.29, 1.82) is 0 Å². The Morgan fingerprint density at radius 3 is 2.68 bits per heavy atom. The molecule has 28 heavy (non-hydrogen) atoms. The predicted molar refractivity (Wildman–Crippen MR) is 104 cm³/mol. The molecule has 148 valence electrons. The van der Waals surface area contributed by atoms with Crippen molar-refractivity contribution in [2.45, 2.75) is 34.7 Å². The minimum absolute atomic E-state index is 0.285. The molecule has 5 nitrogen and oxygen atoms in total. The van der Waals surface area contributed by atoms with Gasteiger partial charge in [0.25, 0.3) is 0 Å². The summed E-state index contributed by atoms with van der Waals surface area (Å²) in [4.78, 5) is 1.72. The number of halogens is 1. The van der Waals surface area contributed by atoms with Gasteiger partial charge in [0.2, 0.25) is 0 Å². The zero-order chi connectivity index (χ0) is 19.6. The summed E-state index contributed by atoms with van der Waals surface area (Å²) >= 11 is 1.46. The van der Waals surface area contributed by atoms with E-state index in [1.165, 1.54) is 17.8 Å². The number of hydrogen-bond donors (Lipinski definition) is 1. The third-order valence-corrected chi connectivity index (χ3v) is 6.27. The molecule has 2 heterocycles. The summed E-state index contributed by atoms with van der Waals surface area (Å²) in [7, 11) is 1.67. The first-order valence-electron chi connectivity index (χ1n) is 9.23. The maximum atomic E-state index is 14.4. The van der Waals surface area contributed by atoms with Crippen molar-refractivity contribution in [2.75, 3.05) is 26.9 Å². The molecular weight excluding hydrogens is 381 g/mol. The molecule has 0 atom stereocenters. The van der Waals surface area contributed by atoms with Gasteiger partial charge in [-0.05, 0) is 42.0 Å². The quantitative estimate of drug-likeness (QED) is 0.598. The standard InChI is InChI=1S/C21H22FNO4S/c1-25-21(5-8-26-9-6-21)14-10-15(22)12-17(11-14)28-16-2-3-18-19(23-24)4-7-27-20(18)13-16/h2-3,10-13,24H,4-9H2,1H3. The first kappa shape index (κ1) is 19.2. The maximum Gasteiger partial charge on any atom is 0.129 e. The number of methoxy groups -OCH3 is 1. The number of hydrogen-bond acceptors (Lipinski definition) is 6. The van der Waals surface area contributed by atoms with Crippen LogP contribution >= 0.6 is 11.8 Å².